The second-order valence-corrected chi connectivity index (χ2v) is 7.61. The molecule has 2 aromatic rings. The molecule has 0 radical (unpaired) electrons. The summed E-state index contributed by atoms with van der Waals surface area (Å²) in [6.45, 7) is 6.86. The zero-order valence-electron chi connectivity index (χ0n) is 17.6. The molecule has 4 rings (SSSR count). The largest absolute Gasteiger partial charge is 0.465 e. The highest BCUT2D eigenvalue weighted by Gasteiger charge is 2.32. The molecule has 0 saturated carbocycles. The number of ether oxygens (including phenoxy) is 1. The minimum absolute atomic E-state index is 0.128. The van der Waals surface area contributed by atoms with Gasteiger partial charge in [0.25, 0.3) is 0 Å². The van der Waals surface area contributed by atoms with Crippen LogP contribution in [0.25, 0.3) is 11.4 Å². The maximum absolute atomic E-state index is 11.7. The van der Waals surface area contributed by atoms with Crippen LogP contribution in [0.2, 0.25) is 0 Å². The lowest BCUT2D eigenvalue weighted by molar-refractivity contribution is 0.0983. The number of nitrogens with one attached hydrogen (secondary N) is 2. The van der Waals surface area contributed by atoms with Crippen LogP contribution in [0.4, 0.5) is 21.1 Å². The van der Waals surface area contributed by atoms with Gasteiger partial charge in [0.15, 0.2) is 5.82 Å². The Morgan fingerprint density at radius 2 is 2.00 bits per heavy atom. The number of carbonyl (C=O) groups is 2. The summed E-state index contributed by atoms with van der Waals surface area (Å²) in [6, 6.07) is 7.15. The number of carboxylic acid groups (broad SMARTS) is 1. The number of urea groups is 1. The van der Waals surface area contributed by atoms with Crippen LogP contribution in [0.1, 0.15) is 25.1 Å². The molecule has 1 fully saturated rings. The van der Waals surface area contributed by atoms with Gasteiger partial charge in [-0.05, 0) is 38.1 Å². The molecule has 1 aromatic carbocycles. The Bertz CT molecular complexity index is 981. The predicted octanol–water partition coefficient (Wildman–Crippen LogP) is 2.50. The monoisotopic (exact) mass is 426 g/mol. The average Bonchev–Trinajstić information content (AvgIpc) is 3.19. The summed E-state index contributed by atoms with van der Waals surface area (Å²) in [5.74, 6) is 1.30. The van der Waals surface area contributed by atoms with Crippen LogP contribution in [0.3, 0.4) is 0 Å². The fourth-order valence-electron chi connectivity index (χ4n) is 3.82. The van der Waals surface area contributed by atoms with Crippen molar-refractivity contribution in [2.45, 2.75) is 33.0 Å². The van der Waals surface area contributed by atoms with Crippen LogP contribution >= 0.6 is 0 Å². The summed E-state index contributed by atoms with van der Waals surface area (Å²) in [7, 11) is 0. The number of morpholine rings is 1. The van der Waals surface area contributed by atoms with Crippen LogP contribution in [0.5, 0.6) is 0 Å². The summed E-state index contributed by atoms with van der Waals surface area (Å²) >= 11 is 0. The van der Waals surface area contributed by atoms with Gasteiger partial charge in [0.1, 0.15) is 5.82 Å². The van der Waals surface area contributed by atoms with E-state index < -0.39 is 6.09 Å². The van der Waals surface area contributed by atoms with Crippen molar-refractivity contribution in [2.75, 3.05) is 36.5 Å². The molecule has 0 spiro atoms. The third kappa shape index (κ3) is 4.38. The number of anilines is 2. The molecule has 10 heteroatoms. The van der Waals surface area contributed by atoms with Crippen molar-refractivity contribution >= 4 is 23.6 Å². The van der Waals surface area contributed by atoms with Gasteiger partial charge < -0.3 is 25.4 Å². The minimum atomic E-state index is -0.971. The molecule has 1 aromatic heterocycles. The van der Waals surface area contributed by atoms with Gasteiger partial charge in [0.05, 0.1) is 38.0 Å². The molecule has 31 heavy (non-hydrogen) atoms. The first-order valence-electron chi connectivity index (χ1n) is 10.3. The molecule has 1 saturated heterocycles. The number of fused-ring (bicyclic) bond motifs is 1. The first-order chi connectivity index (χ1) is 15.0. The molecule has 3 N–H and O–H groups in total. The lowest BCUT2D eigenvalue weighted by Gasteiger charge is -2.35. The summed E-state index contributed by atoms with van der Waals surface area (Å²) < 4.78 is 5.56. The number of rotatable bonds is 4. The standard InChI is InChI=1S/C21H26N6O4/c1-3-22-20(28)23-15-6-4-14(5-7-15)18-24-17-11-26(21(29)30)10-16(17)19(25-18)27-8-9-31-12-13(27)2/h4-7,13H,3,8-12H2,1-2H3,(H,29,30)(H2,22,23,28). The van der Waals surface area contributed by atoms with E-state index >= 15 is 0 Å². The summed E-state index contributed by atoms with van der Waals surface area (Å²) in [4.78, 5) is 36.3. The number of nitrogens with zero attached hydrogens (tertiary/aromatic N) is 4. The van der Waals surface area contributed by atoms with Gasteiger partial charge in [-0.2, -0.15) is 0 Å². The molecule has 3 amide bonds. The van der Waals surface area contributed by atoms with E-state index in [-0.39, 0.29) is 25.2 Å². The van der Waals surface area contributed by atoms with Crippen molar-refractivity contribution in [3.63, 3.8) is 0 Å². The van der Waals surface area contributed by atoms with E-state index in [1.807, 2.05) is 19.1 Å². The van der Waals surface area contributed by atoms with Crippen molar-refractivity contribution in [2.24, 2.45) is 0 Å². The van der Waals surface area contributed by atoms with Gasteiger partial charge in [0, 0.05) is 29.9 Å². The van der Waals surface area contributed by atoms with Gasteiger partial charge in [-0.25, -0.2) is 19.6 Å². The van der Waals surface area contributed by atoms with Crippen LogP contribution in [0.15, 0.2) is 24.3 Å². The number of hydrogen-bond donors (Lipinski definition) is 3. The van der Waals surface area contributed by atoms with Crippen LogP contribution < -0.4 is 15.5 Å². The minimum Gasteiger partial charge on any atom is -0.465 e. The maximum Gasteiger partial charge on any atom is 0.407 e. The van der Waals surface area contributed by atoms with E-state index in [1.54, 1.807) is 12.1 Å². The van der Waals surface area contributed by atoms with Crippen LogP contribution in [-0.2, 0) is 17.8 Å². The van der Waals surface area contributed by atoms with E-state index in [0.29, 0.717) is 37.8 Å². The van der Waals surface area contributed by atoms with Gasteiger partial charge >= 0.3 is 12.1 Å². The SMILES string of the molecule is CCNC(=O)Nc1ccc(-c2nc3c(c(N4CCOCC4C)n2)CN(C(=O)O)C3)cc1. The molecular weight excluding hydrogens is 400 g/mol. The van der Waals surface area contributed by atoms with Gasteiger partial charge in [-0.3, -0.25) is 4.90 Å². The second-order valence-electron chi connectivity index (χ2n) is 7.61. The molecule has 0 aliphatic carbocycles. The van der Waals surface area contributed by atoms with Crippen molar-refractivity contribution in [3.8, 4) is 11.4 Å². The molecule has 1 unspecified atom stereocenters. The van der Waals surface area contributed by atoms with E-state index in [2.05, 4.69) is 27.4 Å². The Balaban J connectivity index is 1.67. The normalized spacial score (nSPS) is 17.9. The van der Waals surface area contributed by atoms with Crippen molar-refractivity contribution in [1.29, 1.82) is 0 Å². The second kappa shape index (κ2) is 8.76. The first-order valence-corrected chi connectivity index (χ1v) is 10.3. The smallest absolute Gasteiger partial charge is 0.407 e. The molecule has 2 aliphatic rings. The summed E-state index contributed by atoms with van der Waals surface area (Å²) in [5, 5.41) is 14.9. The first kappa shape index (κ1) is 20.9. The molecule has 1 atom stereocenters. The molecule has 164 valence electrons. The lowest BCUT2D eigenvalue weighted by atomic mass is 10.1. The number of benzene rings is 1. The fourth-order valence-corrected chi connectivity index (χ4v) is 3.82. The zero-order valence-corrected chi connectivity index (χ0v) is 17.6. The van der Waals surface area contributed by atoms with Gasteiger partial charge in [0.2, 0.25) is 0 Å². The van der Waals surface area contributed by atoms with Crippen molar-refractivity contribution in [1.82, 2.24) is 20.2 Å². The maximum atomic E-state index is 11.7. The lowest BCUT2D eigenvalue weighted by Crippen LogP contribution is -2.44. The highest BCUT2D eigenvalue weighted by atomic mass is 16.5. The molecule has 2 aliphatic heterocycles. The Kier molecular flexibility index (Phi) is 5.90. The molecule has 10 nitrogen and oxygen atoms in total. The Morgan fingerprint density at radius 3 is 2.68 bits per heavy atom. The quantitative estimate of drug-likeness (QED) is 0.687. The Labute approximate surface area is 180 Å². The predicted molar refractivity (Wildman–Crippen MR) is 115 cm³/mol. The molecular formula is C21H26N6O4. The third-order valence-electron chi connectivity index (χ3n) is 5.41. The zero-order chi connectivity index (χ0) is 22.0. The topological polar surface area (TPSA) is 120 Å². The highest BCUT2D eigenvalue weighted by molar-refractivity contribution is 5.89. The van der Waals surface area contributed by atoms with Crippen LogP contribution in [0, 0.1) is 0 Å². The van der Waals surface area contributed by atoms with Crippen LogP contribution in [-0.4, -0.2) is 64.4 Å². The summed E-state index contributed by atoms with van der Waals surface area (Å²) in [5.41, 5.74) is 3.04. The van der Waals surface area contributed by atoms with E-state index in [0.717, 1.165) is 22.6 Å². The van der Waals surface area contributed by atoms with Gasteiger partial charge in [-0.1, -0.05) is 0 Å². The number of amides is 3. The Morgan fingerprint density at radius 1 is 1.23 bits per heavy atom. The highest BCUT2D eigenvalue weighted by Crippen LogP contribution is 2.33. The van der Waals surface area contributed by atoms with E-state index in [9.17, 15) is 14.7 Å². The number of carbonyl (C=O) groups excluding carboxylic acids is 1. The van der Waals surface area contributed by atoms with E-state index in [4.69, 9.17) is 9.72 Å². The van der Waals surface area contributed by atoms with Crippen molar-refractivity contribution < 1.29 is 19.4 Å². The third-order valence-corrected chi connectivity index (χ3v) is 5.41. The Hall–Kier alpha value is -3.40. The fraction of sp³-hybridized carbons (Fsp3) is 0.429. The average molecular weight is 426 g/mol. The molecule has 3 heterocycles. The summed E-state index contributed by atoms with van der Waals surface area (Å²) in [6.07, 6.45) is -0.971. The van der Waals surface area contributed by atoms with Gasteiger partial charge in [-0.15, -0.1) is 0 Å². The van der Waals surface area contributed by atoms with E-state index in [1.165, 1.54) is 4.90 Å². The van der Waals surface area contributed by atoms with Crippen molar-refractivity contribution in [3.05, 3.63) is 35.5 Å². The number of hydrogen-bond acceptors (Lipinski definition) is 6. The number of aromatic nitrogens is 2. The molecule has 0 bridgehead atoms.